The Balaban J connectivity index is 2.54. The van der Waals surface area contributed by atoms with Crippen LogP contribution >= 0.6 is 0 Å². The summed E-state index contributed by atoms with van der Waals surface area (Å²) in [5, 5.41) is 6.50. The van der Waals surface area contributed by atoms with Gasteiger partial charge in [0.15, 0.2) is 0 Å². The molecule has 4 heteroatoms. The summed E-state index contributed by atoms with van der Waals surface area (Å²) >= 11 is 0. The molecule has 4 nitrogen and oxygen atoms in total. The van der Waals surface area contributed by atoms with E-state index in [0.717, 1.165) is 26.1 Å². The summed E-state index contributed by atoms with van der Waals surface area (Å²) in [6, 6.07) is 0.735. The molecule has 3 atom stereocenters. The first-order valence-electron chi connectivity index (χ1n) is 7.36. The van der Waals surface area contributed by atoms with Crippen LogP contribution in [0.2, 0.25) is 0 Å². The average Bonchev–Trinajstić information content (AvgIpc) is 2.40. The zero-order valence-corrected chi connectivity index (χ0v) is 12.3. The fourth-order valence-corrected chi connectivity index (χ4v) is 2.58. The Labute approximate surface area is 111 Å². The summed E-state index contributed by atoms with van der Waals surface area (Å²) in [7, 11) is 0. The zero-order chi connectivity index (χ0) is 13.5. The van der Waals surface area contributed by atoms with Gasteiger partial charge in [-0.3, -0.25) is 9.69 Å². The van der Waals surface area contributed by atoms with Crippen LogP contribution in [0.5, 0.6) is 0 Å². The van der Waals surface area contributed by atoms with Gasteiger partial charge < -0.3 is 10.6 Å². The lowest BCUT2D eigenvalue weighted by molar-refractivity contribution is -0.127. The van der Waals surface area contributed by atoms with E-state index in [9.17, 15) is 4.79 Å². The van der Waals surface area contributed by atoms with E-state index < -0.39 is 0 Å². The van der Waals surface area contributed by atoms with Crippen molar-refractivity contribution in [3.8, 4) is 0 Å². The molecule has 0 aromatic carbocycles. The Morgan fingerprint density at radius 2 is 2.17 bits per heavy atom. The van der Waals surface area contributed by atoms with Crippen molar-refractivity contribution in [3.05, 3.63) is 0 Å². The van der Waals surface area contributed by atoms with Gasteiger partial charge in [0.1, 0.15) is 0 Å². The number of rotatable bonds is 6. The SMILES string of the molecule is CCC(C)NC(=O)C(C)N(CC)C1CCCNC1. The molecular formula is C14H29N3O. The lowest BCUT2D eigenvalue weighted by atomic mass is 10.0. The van der Waals surface area contributed by atoms with Gasteiger partial charge in [-0.1, -0.05) is 13.8 Å². The Morgan fingerprint density at radius 3 is 2.67 bits per heavy atom. The molecule has 1 amide bonds. The first-order valence-corrected chi connectivity index (χ1v) is 7.36. The second-order valence-corrected chi connectivity index (χ2v) is 5.32. The number of carbonyl (C=O) groups is 1. The monoisotopic (exact) mass is 255 g/mol. The topological polar surface area (TPSA) is 44.4 Å². The number of carbonyl (C=O) groups excluding carboxylic acids is 1. The molecule has 0 bridgehead atoms. The number of nitrogens with zero attached hydrogens (tertiary/aromatic N) is 1. The van der Waals surface area contributed by atoms with Crippen molar-refractivity contribution in [1.82, 2.24) is 15.5 Å². The highest BCUT2D eigenvalue weighted by atomic mass is 16.2. The van der Waals surface area contributed by atoms with Crippen LogP contribution in [-0.4, -0.2) is 48.6 Å². The van der Waals surface area contributed by atoms with Gasteiger partial charge in [-0.2, -0.15) is 0 Å². The van der Waals surface area contributed by atoms with Gasteiger partial charge in [-0.05, 0) is 46.2 Å². The molecule has 18 heavy (non-hydrogen) atoms. The maximum atomic E-state index is 12.2. The minimum absolute atomic E-state index is 0.0334. The van der Waals surface area contributed by atoms with Gasteiger partial charge in [0.05, 0.1) is 6.04 Å². The van der Waals surface area contributed by atoms with Gasteiger partial charge in [0, 0.05) is 18.6 Å². The van der Waals surface area contributed by atoms with E-state index in [4.69, 9.17) is 0 Å². The predicted octanol–water partition coefficient (Wildman–Crippen LogP) is 1.36. The van der Waals surface area contributed by atoms with E-state index in [0.29, 0.717) is 6.04 Å². The van der Waals surface area contributed by atoms with E-state index in [1.807, 2.05) is 6.92 Å². The standard InChI is InChI=1S/C14H29N3O/c1-5-11(3)16-14(18)12(4)17(6-2)13-8-7-9-15-10-13/h11-13,15H,5-10H2,1-4H3,(H,16,18). The largest absolute Gasteiger partial charge is 0.352 e. The summed E-state index contributed by atoms with van der Waals surface area (Å²) in [5.74, 6) is 0.164. The molecule has 3 unspecified atom stereocenters. The van der Waals surface area contributed by atoms with Crippen LogP contribution in [0.3, 0.4) is 0 Å². The van der Waals surface area contributed by atoms with Crippen LogP contribution in [0.15, 0.2) is 0 Å². The molecule has 0 aromatic heterocycles. The van der Waals surface area contributed by atoms with Gasteiger partial charge in [-0.15, -0.1) is 0 Å². The van der Waals surface area contributed by atoms with Gasteiger partial charge in [-0.25, -0.2) is 0 Å². The summed E-state index contributed by atoms with van der Waals surface area (Å²) in [6.07, 6.45) is 3.39. The van der Waals surface area contributed by atoms with Gasteiger partial charge in [0.2, 0.25) is 5.91 Å². The van der Waals surface area contributed by atoms with Crippen molar-refractivity contribution in [3.63, 3.8) is 0 Å². The van der Waals surface area contributed by atoms with Crippen LogP contribution < -0.4 is 10.6 Å². The lowest BCUT2D eigenvalue weighted by Crippen LogP contribution is -2.55. The quantitative estimate of drug-likeness (QED) is 0.753. The highest BCUT2D eigenvalue weighted by Crippen LogP contribution is 2.13. The number of hydrogen-bond donors (Lipinski definition) is 2. The Morgan fingerprint density at radius 1 is 1.44 bits per heavy atom. The normalized spacial score (nSPS) is 23.7. The molecule has 1 fully saturated rings. The van der Waals surface area contributed by atoms with Crippen LogP contribution in [0.4, 0.5) is 0 Å². The molecule has 0 aliphatic carbocycles. The Kier molecular flexibility index (Phi) is 6.65. The minimum atomic E-state index is -0.0334. The highest BCUT2D eigenvalue weighted by molar-refractivity contribution is 5.81. The predicted molar refractivity (Wildman–Crippen MR) is 75.6 cm³/mol. The second-order valence-electron chi connectivity index (χ2n) is 5.32. The van der Waals surface area contributed by atoms with E-state index in [1.165, 1.54) is 12.8 Å². The fourth-order valence-electron chi connectivity index (χ4n) is 2.58. The highest BCUT2D eigenvalue weighted by Gasteiger charge is 2.28. The third-order valence-corrected chi connectivity index (χ3v) is 3.98. The number of hydrogen-bond acceptors (Lipinski definition) is 3. The molecule has 1 saturated heterocycles. The van der Waals surface area contributed by atoms with E-state index in [1.54, 1.807) is 0 Å². The van der Waals surface area contributed by atoms with Crippen molar-refractivity contribution in [2.24, 2.45) is 0 Å². The molecule has 1 aliphatic rings. The third-order valence-electron chi connectivity index (χ3n) is 3.98. The van der Waals surface area contributed by atoms with Crippen molar-refractivity contribution in [2.75, 3.05) is 19.6 Å². The summed E-state index contributed by atoms with van der Waals surface area (Å²) in [5.41, 5.74) is 0. The molecular weight excluding hydrogens is 226 g/mol. The number of amides is 1. The number of piperidine rings is 1. The van der Waals surface area contributed by atoms with Crippen molar-refractivity contribution < 1.29 is 4.79 Å². The van der Waals surface area contributed by atoms with Gasteiger partial charge >= 0.3 is 0 Å². The van der Waals surface area contributed by atoms with Crippen LogP contribution in [-0.2, 0) is 4.79 Å². The molecule has 106 valence electrons. The van der Waals surface area contributed by atoms with Crippen LogP contribution in [0.1, 0.15) is 47.0 Å². The average molecular weight is 255 g/mol. The van der Waals surface area contributed by atoms with Crippen molar-refractivity contribution in [1.29, 1.82) is 0 Å². The fraction of sp³-hybridized carbons (Fsp3) is 0.929. The molecule has 0 saturated carbocycles. The zero-order valence-electron chi connectivity index (χ0n) is 12.3. The Bertz CT molecular complexity index is 251. The molecule has 1 heterocycles. The van der Waals surface area contributed by atoms with E-state index >= 15 is 0 Å². The molecule has 1 aliphatic heterocycles. The van der Waals surface area contributed by atoms with E-state index in [2.05, 4.69) is 36.3 Å². The lowest BCUT2D eigenvalue weighted by Gasteiger charge is -2.37. The first kappa shape index (κ1) is 15.4. The molecule has 0 aromatic rings. The number of nitrogens with one attached hydrogen (secondary N) is 2. The van der Waals surface area contributed by atoms with Crippen molar-refractivity contribution >= 4 is 5.91 Å². The molecule has 2 N–H and O–H groups in total. The Hall–Kier alpha value is -0.610. The summed E-state index contributed by atoms with van der Waals surface area (Å²) in [4.78, 5) is 14.5. The smallest absolute Gasteiger partial charge is 0.237 e. The van der Waals surface area contributed by atoms with Gasteiger partial charge in [0.25, 0.3) is 0 Å². The first-order chi connectivity index (χ1) is 8.60. The molecule has 1 rings (SSSR count). The summed E-state index contributed by atoms with van der Waals surface area (Å²) in [6.45, 7) is 11.4. The second kappa shape index (κ2) is 7.74. The maximum absolute atomic E-state index is 12.2. The van der Waals surface area contributed by atoms with Crippen LogP contribution in [0.25, 0.3) is 0 Å². The van der Waals surface area contributed by atoms with Crippen molar-refractivity contribution in [2.45, 2.75) is 65.1 Å². The number of likely N-dealkylation sites (N-methyl/N-ethyl adjacent to an activating group) is 1. The van der Waals surface area contributed by atoms with E-state index in [-0.39, 0.29) is 18.0 Å². The van der Waals surface area contributed by atoms with Crippen LogP contribution in [0, 0.1) is 0 Å². The maximum Gasteiger partial charge on any atom is 0.237 e. The third kappa shape index (κ3) is 4.25. The molecule has 0 radical (unpaired) electrons. The molecule has 0 spiro atoms. The minimum Gasteiger partial charge on any atom is -0.352 e. The summed E-state index contributed by atoms with van der Waals surface area (Å²) < 4.78 is 0.